The number of thioether (sulfide) groups is 1. The Hall–Kier alpha value is -4.53. The lowest BCUT2D eigenvalue weighted by atomic mass is 10.1. The molecular weight excluding hydrogens is 698 g/mol. The quantitative estimate of drug-likeness (QED) is 0.0636. The molecule has 0 aliphatic carbocycles. The first-order valence-corrected chi connectivity index (χ1v) is 18.7. The fourth-order valence-electron chi connectivity index (χ4n) is 4.59. The summed E-state index contributed by atoms with van der Waals surface area (Å²) in [5, 5.41) is 0. The first kappa shape index (κ1) is 36.7. The topological polar surface area (TPSA) is 92.3 Å². The standard InChI is InChI=1S/C37H38O10P2S/c1-26-23-28(50-6)24-27(25-42-48(43-33-19-11-7-15-29(33)38-2)44-34-20-12-8-16-30(34)39-3)37(26)47-49(45-35-21-13-9-17-31(35)40-4)46-36-22-14-10-18-32(36)41-5/h7-24H,25H2,1-6H3. The van der Waals surface area contributed by atoms with Crippen molar-refractivity contribution in [3.63, 3.8) is 0 Å². The van der Waals surface area contributed by atoms with Crippen molar-refractivity contribution in [1.82, 2.24) is 0 Å². The average Bonchev–Trinajstić information content (AvgIpc) is 3.15. The van der Waals surface area contributed by atoms with E-state index in [-0.39, 0.29) is 6.61 Å². The second-order valence-corrected chi connectivity index (χ2v) is 13.2. The number of hydrogen-bond donors (Lipinski definition) is 0. The number of methoxy groups -OCH3 is 4. The molecule has 5 rings (SSSR count). The predicted molar refractivity (Wildman–Crippen MR) is 197 cm³/mol. The lowest BCUT2D eigenvalue weighted by molar-refractivity contribution is 0.247. The molecule has 0 spiro atoms. The molecule has 0 aliphatic rings. The van der Waals surface area contributed by atoms with Crippen LogP contribution in [0.2, 0.25) is 0 Å². The minimum absolute atomic E-state index is 0.0487. The normalized spacial score (nSPS) is 10.8. The van der Waals surface area contributed by atoms with Gasteiger partial charge in [-0.1, -0.05) is 48.5 Å². The summed E-state index contributed by atoms with van der Waals surface area (Å²) in [6.07, 6.45) is 2.00. The molecule has 0 N–H and O–H groups in total. The number of rotatable bonds is 18. The highest BCUT2D eigenvalue weighted by Crippen LogP contribution is 2.51. The maximum absolute atomic E-state index is 6.63. The summed E-state index contributed by atoms with van der Waals surface area (Å²) in [5.41, 5.74) is 1.56. The molecule has 0 aromatic heterocycles. The summed E-state index contributed by atoms with van der Waals surface area (Å²) in [6, 6.07) is 33.2. The van der Waals surface area contributed by atoms with Crippen molar-refractivity contribution in [3.05, 3.63) is 120 Å². The Balaban J connectivity index is 1.48. The maximum atomic E-state index is 6.63. The van der Waals surface area contributed by atoms with Crippen molar-refractivity contribution in [1.29, 1.82) is 0 Å². The molecule has 0 saturated carbocycles. The van der Waals surface area contributed by atoms with Gasteiger partial charge < -0.3 is 41.6 Å². The maximum Gasteiger partial charge on any atom is 0.530 e. The number of para-hydroxylation sites is 8. The van der Waals surface area contributed by atoms with Crippen LogP contribution in [-0.2, 0) is 11.1 Å². The van der Waals surface area contributed by atoms with E-state index in [0.717, 1.165) is 10.5 Å². The Labute approximate surface area is 299 Å². The molecule has 0 amide bonds. The van der Waals surface area contributed by atoms with Crippen molar-refractivity contribution in [2.24, 2.45) is 0 Å². The second-order valence-electron chi connectivity index (χ2n) is 10.2. The van der Waals surface area contributed by atoms with E-state index < -0.39 is 17.2 Å². The van der Waals surface area contributed by atoms with Crippen molar-refractivity contribution in [3.8, 4) is 51.7 Å². The molecule has 0 radical (unpaired) electrons. The molecule has 0 heterocycles. The van der Waals surface area contributed by atoms with Gasteiger partial charge in [0.1, 0.15) is 5.75 Å². The van der Waals surface area contributed by atoms with E-state index in [1.165, 1.54) is 0 Å². The van der Waals surface area contributed by atoms with Gasteiger partial charge in [-0.25, -0.2) is 0 Å². The predicted octanol–water partition coefficient (Wildman–Crippen LogP) is 10.4. The summed E-state index contributed by atoms with van der Waals surface area (Å²) < 4.78 is 60.5. The molecule has 0 atom stereocenters. The van der Waals surface area contributed by atoms with Gasteiger partial charge in [-0.15, -0.1) is 11.8 Å². The van der Waals surface area contributed by atoms with Crippen LogP contribution in [0.3, 0.4) is 0 Å². The molecule has 10 nitrogen and oxygen atoms in total. The molecule has 50 heavy (non-hydrogen) atoms. The third-order valence-electron chi connectivity index (χ3n) is 7.02. The Kier molecular flexibility index (Phi) is 13.6. The molecule has 0 saturated heterocycles. The van der Waals surface area contributed by atoms with E-state index in [2.05, 4.69) is 0 Å². The van der Waals surface area contributed by atoms with Crippen molar-refractivity contribution in [2.45, 2.75) is 18.4 Å². The Morgan fingerprint density at radius 1 is 0.480 bits per heavy atom. The van der Waals surface area contributed by atoms with Gasteiger partial charge in [-0.05, 0) is 79.4 Å². The van der Waals surface area contributed by atoms with Crippen molar-refractivity contribution >= 4 is 29.0 Å². The van der Waals surface area contributed by atoms with E-state index in [0.29, 0.717) is 57.3 Å². The Morgan fingerprint density at radius 3 is 1.20 bits per heavy atom. The summed E-state index contributed by atoms with van der Waals surface area (Å²) in [5.74, 6) is 4.45. The minimum atomic E-state index is -2.11. The van der Waals surface area contributed by atoms with Crippen LogP contribution in [0.4, 0.5) is 0 Å². The van der Waals surface area contributed by atoms with Crippen LogP contribution in [0.1, 0.15) is 11.1 Å². The van der Waals surface area contributed by atoms with Crippen LogP contribution in [0, 0.1) is 6.92 Å². The molecule has 0 bridgehead atoms. The SMILES string of the molecule is COc1ccccc1OP(OCc1cc(SC)cc(C)c1OP(Oc1ccccc1OC)Oc1ccccc1OC)Oc1ccccc1OC. The summed E-state index contributed by atoms with van der Waals surface area (Å²) in [4.78, 5) is 1.01. The lowest BCUT2D eigenvalue weighted by Crippen LogP contribution is -2.07. The van der Waals surface area contributed by atoms with Crippen LogP contribution in [-0.4, -0.2) is 34.7 Å². The first-order valence-electron chi connectivity index (χ1n) is 15.3. The van der Waals surface area contributed by atoms with Crippen LogP contribution < -0.4 is 41.6 Å². The molecule has 0 unspecified atom stereocenters. The molecule has 5 aromatic rings. The van der Waals surface area contributed by atoms with Crippen LogP contribution in [0.25, 0.3) is 0 Å². The zero-order valence-electron chi connectivity index (χ0n) is 28.5. The van der Waals surface area contributed by atoms with Gasteiger partial charge in [0.05, 0.1) is 35.0 Å². The Morgan fingerprint density at radius 2 is 0.840 bits per heavy atom. The summed E-state index contributed by atoms with van der Waals surface area (Å²) >= 11 is 1.60. The largest absolute Gasteiger partial charge is 0.530 e. The van der Waals surface area contributed by atoms with Gasteiger partial charge in [0, 0.05) is 10.5 Å². The number of hydrogen-bond acceptors (Lipinski definition) is 11. The summed E-state index contributed by atoms with van der Waals surface area (Å²) in [7, 11) is 2.15. The molecule has 262 valence electrons. The molecular formula is C37H38O10P2S. The minimum Gasteiger partial charge on any atom is -0.493 e. The van der Waals surface area contributed by atoms with Crippen molar-refractivity contribution < 1.29 is 46.1 Å². The molecule has 13 heteroatoms. The third kappa shape index (κ3) is 9.58. The van der Waals surface area contributed by atoms with Gasteiger partial charge in [0.25, 0.3) is 0 Å². The second kappa shape index (κ2) is 18.5. The zero-order valence-corrected chi connectivity index (χ0v) is 31.1. The molecule has 0 aliphatic heterocycles. The first-order chi connectivity index (χ1) is 24.5. The van der Waals surface area contributed by atoms with E-state index in [1.807, 2.05) is 73.8 Å². The number of aryl methyl sites for hydroxylation is 1. The lowest BCUT2D eigenvalue weighted by Gasteiger charge is -2.23. The fraction of sp³-hybridized carbons (Fsp3) is 0.189. The fourth-order valence-corrected chi connectivity index (χ4v) is 7.30. The molecule has 0 fully saturated rings. The van der Waals surface area contributed by atoms with Gasteiger partial charge in [-0.2, -0.15) is 0 Å². The Bertz CT molecular complexity index is 1740. The van der Waals surface area contributed by atoms with E-state index in [4.69, 9.17) is 46.1 Å². The number of ether oxygens (including phenoxy) is 4. The number of benzene rings is 5. The van der Waals surface area contributed by atoms with Gasteiger partial charge in [0.2, 0.25) is 0 Å². The van der Waals surface area contributed by atoms with Crippen molar-refractivity contribution in [2.75, 3.05) is 34.7 Å². The van der Waals surface area contributed by atoms with Crippen LogP contribution >= 0.6 is 29.0 Å². The summed E-state index contributed by atoms with van der Waals surface area (Å²) in [6.45, 7) is 2.00. The van der Waals surface area contributed by atoms with Gasteiger partial charge in [0.15, 0.2) is 46.0 Å². The molecule has 5 aromatic carbocycles. The highest BCUT2D eigenvalue weighted by Gasteiger charge is 2.28. The average molecular weight is 737 g/mol. The monoisotopic (exact) mass is 736 g/mol. The van der Waals surface area contributed by atoms with Crippen LogP contribution in [0.5, 0.6) is 51.7 Å². The van der Waals surface area contributed by atoms with Gasteiger partial charge >= 0.3 is 17.2 Å². The highest BCUT2D eigenvalue weighted by atomic mass is 32.2. The van der Waals surface area contributed by atoms with Gasteiger partial charge in [-0.3, -0.25) is 4.52 Å². The van der Waals surface area contributed by atoms with E-state index in [9.17, 15) is 0 Å². The van der Waals surface area contributed by atoms with Crippen LogP contribution in [0.15, 0.2) is 114 Å². The zero-order chi connectivity index (χ0) is 35.3. The third-order valence-corrected chi connectivity index (χ3v) is 9.78. The highest BCUT2D eigenvalue weighted by molar-refractivity contribution is 7.98. The van der Waals surface area contributed by atoms with E-state index >= 15 is 0 Å². The smallest absolute Gasteiger partial charge is 0.493 e. The van der Waals surface area contributed by atoms with E-state index in [1.54, 1.807) is 88.7 Å².